The first kappa shape index (κ1) is 14.8. The fraction of sp³-hybridized carbons (Fsp3) is 0.909. The van der Waals surface area contributed by atoms with Crippen molar-refractivity contribution in [2.75, 3.05) is 12.8 Å². The Morgan fingerprint density at radius 2 is 2.06 bits per heavy atom. The maximum Gasteiger partial charge on any atom is 0.157 e. The molecule has 0 aromatic heterocycles. The van der Waals surface area contributed by atoms with Gasteiger partial charge >= 0.3 is 0 Å². The summed E-state index contributed by atoms with van der Waals surface area (Å²) < 4.78 is 22.3. The molecule has 0 spiro atoms. The van der Waals surface area contributed by atoms with Crippen LogP contribution in [0.15, 0.2) is 4.99 Å². The molecule has 0 aromatic rings. The van der Waals surface area contributed by atoms with Crippen LogP contribution in [-0.4, -0.2) is 42.4 Å². The predicted octanol–water partition coefficient (Wildman–Crippen LogP) is 1.67. The van der Waals surface area contributed by atoms with E-state index in [0.717, 1.165) is 11.6 Å². The van der Waals surface area contributed by atoms with Gasteiger partial charge in [0.05, 0.1) is 11.3 Å². The summed E-state index contributed by atoms with van der Waals surface area (Å²) in [5.74, 6) is 0. The molecule has 17 heavy (non-hydrogen) atoms. The zero-order valence-electron chi connectivity index (χ0n) is 11.1. The van der Waals surface area contributed by atoms with Gasteiger partial charge in [0.15, 0.2) is 15.0 Å². The van der Waals surface area contributed by atoms with Crippen molar-refractivity contribution in [2.45, 2.75) is 50.2 Å². The summed E-state index contributed by atoms with van der Waals surface area (Å²) in [6, 6.07) is 0.409. The summed E-state index contributed by atoms with van der Waals surface area (Å²) in [5, 5.41) is 4.69. The Kier molecular flexibility index (Phi) is 4.52. The van der Waals surface area contributed by atoms with Gasteiger partial charge in [-0.15, -0.1) is 0 Å². The molecule has 0 aliphatic carbocycles. The van der Waals surface area contributed by atoms with Crippen molar-refractivity contribution in [3.8, 4) is 0 Å². The zero-order chi connectivity index (χ0) is 13.3. The molecule has 0 bridgehead atoms. The SMILES string of the molecule is CC1CC(C)SC(=NCC(C)(C)S(C)(=O)=O)N1. The molecule has 100 valence electrons. The molecule has 1 N–H and O–H groups in total. The summed E-state index contributed by atoms with van der Waals surface area (Å²) in [4.78, 5) is 4.41. The Bertz CT molecular complexity index is 390. The van der Waals surface area contributed by atoms with Crippen LogP contribution in [0.3, 0.4) is 0 Å². The van der Waals surface area contributed by atoms with E-state index in [2.05, 4.69) is 24.2 Å². The minimum atomic E-state index is -3.07. The molecular formula is C11H22N2O2S2. The number of hydrogen-bond donors (Lipinski definition) is 1. The number of hydrogen-bond acceptors (Lipinski definition) is 4. The Morgan fingerprint density at radius 3 is 2.53 bits per heavy atom. The molecule has 6 heteroatoms. The van der Waals surface area contributed by atoms with Crippen molar-refractivity contribution in [1.82, 2.24) is 5.32 Å². The standard InChI is InChI=1S/C11H22N2O2S2/c1-8-6-9(2)16-10(13-8)12-7-11(3,4)17(5,14)15/h8-9H,6-7H2,1-5H3,(H,12,13). The molecule has 0 radical (unpaired) electrons. The molecule has 1 aliphatic heterocycles. The van der Waals surface area contributed by atoms with E-state index in [1.54, 1.807) is 25.6 Å². The quantitative estimate of drug-likeness (QED) is 0.853. The van der Waals surface area contributed by atoms with Crippen LogP contribution in [0.1, 0.15) is 34.1 Å². The topological polar surface area (TPSA) is 58.5 Å². The van der Waals surface area contributed by atoms with Crippen molar-refractivity contribution in [3.05, 3.63) is 0 Å². The van der Waals surface area contributed by atoms with Crippen LogP contribution >= 0.6 is 11.8 Å². The van der Waals surface area contributed by atoms with E-state index >= 15 is 0 Å². The summed E-state index contributed by atoms with van der Waals surface area (Å²) in [6.45, 7) is 8.02. The van der Waals surface area contributed by atoms with E-state index in [-0.39, 0.29) is 0 Å². The molecule has 0 saturated carbocycles. The fourth-order valence-corrected chi connectivity index (χ4v) is 2.98. The molecule has 2 atom stereocenters. The largest absolute Gasteiger partial charge is 0.362 e. The highest BCUT2D eigenvalue weighted by Gasteiger charge is 2.30. The average Bonchev–Trinajstić information content (AvgIpc) is 2.11. The van der Waals surface area contributed by atoms with Crippen molar-refractivity contribution >= 4 is 26.8 Å². The fourth-order valence-electron chi connectivity index (χ4n) is 1.50. The van der Waals surface area contributed by atoms with Gasteiger partial charge in [-0.1, -0.05) is 18.7 Å². The maximum absolute atomic E-state index is 11.6. The van der Waals surface area contributed by atoms with Crippen molar-refractivity contribution in [1.29, 1.82) is 0 Å². The maximum atomic E-state index is 11.6. The van der Waals surface area contributed by atoms with E-state index in [1.807, 2.05) is 0 Å². The molecule has 2 unspecified atom stereocenters. The Labute approximate surface area is 109 Å². The van der Waals surface area contributed by atoms with Crippen molar-refractivity contribution in [3.63, 3.8) is 0 Å². The molecule has 0 aromatic carbocycles. The number of rotatable bonds is 3. The monoisotopic (exact) mass is 278 g/mol. The van der Waals surface area contributed by atoms with Crippen LogP contribution in [0.4, 0.5) is 0 Å². The second-order valence-corrected chi connectivity index (χ2v) is 9.44. The van der Waals surface area contributed by atoms with E-state index in [0.29, 0.717) is 17.8 Å². The van der Waals surface area contributed by atoms with Crippen LogP contribution in [0.2, 0.25) is 0 Å². The zero-order valence-corrected chi connectivity index (χ0v) is 12.8. The van der Waals surface area contributed by atoms with Gasteiger partial charge in [0.2, 0.25) is 0 Å². The first-order chi connectivity index (χ1) is 7.62. The molecule has 1 heterocycles. The number of sulfone groups is 1. The van der Waals surface area contributed by atoms with E-state index in [1.165, 1.54) is 6.26 Å². The predicted molar refractivity (Wildman–Crippen MR) is 75.5 cm³/mol. The highest BCUT2D eigenvalue weighted by atomic mass is 32.2. The summed E-state index contributed by atoms with van der Waals surface area (Å²) in [5.41, 5.74) is 0. The second-order valence-electron chi connectivity index (χ2n) is 5.36. The van der Waals surface area contributed by atoms with Gasteiger partial charge in [-0.25, -0.2) is 8.42 Å². The Hall–Kier alpha value is -0.230. The average molecular weight is 278 g/mol. The first-order valence-electron chi connectivity index (χ1n) is 5.79. The van der Waals surface area contributed by atoms with Gasteiger partial charge in [-0.3, -0.25) is 4.99 Å². The molecule has 1 rings (SSSR count). The van der Waals surface area contributed by atoms with Crippen LogP contribution in [0.25, 0.3) is 0 Å². The van der Waals surface area contributed by atoms with Gasteiger partial charge < -0.3 is 5.32 Å². The smallest absolute Gasteiger partial charge is 0.157 e. The molecule has 1 saturated heterocycles. The van der Waals surface area contributed by atoms with E-state index < -0.39 is 14.6 Å². The Balaban J connectivity index is 2.71. The summed E-state index contributed by atoms with van der Waals surface area (Å²) >= 11 is 1.69. The van der Waals surface area contributed by atoms with Crippen molar-refractivity contribution < 1.29 is 8.42 Å². The van der Waals surface area contributed by atoms with Gasteiger partial charge in [0.25, 0.3) is 0 Å². The number of thioether (sulfide) groups is 1. The minimum absolute atomic E-state index is 0.306. The molecule has 4 nitrogen and oxygen atoms in total. The molecule has 1 aliphatic rings. The van der Waals surface area contributed by atoms with Crippen LogP contribution in [-0.2, 0) is 9.84 Å². The highest BCUT2D eigenvalue weighted by molar-refractivity contribution is 8.14. The lowest BCUT2D eigenvalue weighted by atomic mass is 10.2. The third-order valence-electron chi connectivity index (χ3n) is 2.98. The van der Waals surface area contributed by atoms with E-state index in [9.17, 15) is 8.42 Å². The lowest BCUT2D eigenvalue weighted by Crippen LogP contribution is -2.40. The second kappa shape index (κ2) is 5.18. The lowest BCUT2D eigenvalue weighted by Gasteiger charge is -2.28. The highest BCUT2D eigenvalue weighted by Crippen LogP contribution is 2.23. The van der Waals surface area contributed by atoms with Gasteiger partial charge in [0.1, 0.15) is 0 Å². The summed E-state index contributed by atoms with van der Waals surface area (Å²) in [7, 11) is -3.07. The third-order valence-corrected chi connectivity index (χ3v) is 6.18. The Morgan fingerprint density at radius 1 is 1.47 bits per heavy atom. The minimum Gasteiger partial charge on any atom is -0.362 e. The summed E-state index contributed by atoms with van der Waals surface area (Å²) in [6.07, 6.45) is 2.37. The molecule has 0 amide bonds. The van der Waals surface area contributed by atoms with Gasteiger partial charge in [0, 0.05) is 17.5 Å². The number of nitrogens with one attached hydrogen (secondary N) is 1. The lowest BCUT2D eigenvalue weighted by molar-refractivity contribution is 0.554. The van der Waals surface area contributed by atoms with E-state index in [4.69, 9.17) is 0 Å². The number of amidine groups is 1. The van der Waals surface area contributed by atoms with Gasteiger partial charge in [-0.2, -0.15) is 0 Å². The van der Waals surface area contributed by atoms with Crippen LogP contribution < -0.4 is 5.32 Å². The van der Waals surface area contributed by atoms with Crippen LogP contribution in [0.5, 0.6) is 0 Å². The first-order valence-corrected chi connectivity index (χ1v) is 8.56. The number of aliphatic imine (C=N–C) groups is 1. The molecular weight excluding hydrogens is 256 g/mol. The van der Waals surface area contributed by atoms with Gasteiger partial charge in [-0.05, 0) is 27.2 Å². The molecule has 1 fully saturated rings. The third kappa shape index (κ3) is 4.17. The van der Waals surface area contributed by atoms with Crippen LogP contribution in [0, 0.1) is 0 Å². The van der Waals surface area contributed by atoms with Crippen molar-refractivity contribution in [2.24, 2.45) is 4.99 Å². The normalized spacial score (nSPS) is 29.1. The number of nitrogens with zero attached hydrogens (tertiary/aromatic N) is 1.